The predicted molar refractivity (Wildman–Crippen MR) is 119 cm³/mol. The van der Waals surface area contributed by atoms with E-state index < -0.39 is 5.82 Å². The maximum atomic E-state index is 13.6. The summed E-state index contributed by atoms with van der Waals surface area (Å²) in [5.41, 5.74) is 1.87. The molecule has 0 aliphatic carbocycles. The second kappa shape index (κ2) is 11.5. The number of methoxy groups -OCH3 is 1. The van der Waals surface area contributed by atoms with E-state index in [2.05, 4.69) is 32.7 Å². The van der Waals surface area contributed by atoms with Gasteiger partial charge < -0.3 is 25.2 Å². The number of guanidine groups is 1. The molecule has 3 N–H and O–H groups in total. The minimum absolute atomic E-state index is 0.143. The van der Waals surface area contributed by atoms with Crippen LogP contribution in [0.15, 0.2) is 47.5 Å². The first-order chi connectivity index (χ1) is 15.1. The fourth-order valence-electron chi connectivity index (χ4n) is 3.53. The number of aromatic hydroxyl groups is 1. The van der Waals surface area contributed by atoms with E-state index in [-0.39, 0.29) is 11.8 Å². The summed E-state index contributed by atoms with van der Waals surface area (Å²) in [5, 5.41) is 16.0. The fourth-order valence-corrected chi connectivity index (χ4v) is 3.53. The summed E-state index contributed by atoms with van der Waals surface area (Å²) in [5.74, 6) is 0.486. The van der Waals surface area contributed by atoms with E-state index in [9.17, 15) is 9.50 Å². The summed E-state index contributed by atoms with van der Waals surface area (Å²) in [6.07, 6.45) is 0. The van der Waals surface area contributed by atoms with Gasteiger partial charge in [-0.25, -0.2) is 9.38 Å². The molecule has 0 amide bonds. The minimum atomic E-state index is -0.641. The third kappa shape index (κ3) is 6.57. The second-order valence-electron chi connectivity index (χ2n) is 7.30. The van der Waals surface area contributed by atoms with Gasteiger partial charge in [0.05, 0.1) is 32.9 Å². The van der Waals surface area contributed by atoms with Gasteiger partial charge in [0.25, 0.3) is 0 Å². The number of benzene rings is 2. The van der Waals surface area contributed by atoms with Crippen molar-refractivity contribution in [3.05, 3.63) is 59.4 Å². The molecule has 1 saturated heterocycles. The zero-order valence-electron chi connectivity index (χ0n) is 18.1. The average Bonchev–Trinajstić information content (AvgIpc) is 2.81. The number of aliphatic imine (C=N–C) groups is 1. The van der Waals surface area contributed by atoms with Crippen LogP contribution in [0.1, 0.15) is 24.1 Å². The first kappa shape index (κ1) is 22.8. The molecule has 7 nitrogen and oxygen atoms in total. The van der Waals surface area contributed by atoms with E-state index in [0.717, 1.165) is 18.8 Å². The molecule has 1 aliphatic rings. The van der Waals surface area contributed by atoms with Crippen molar-refractivity contribution in [1.82, 2.24) is 15.5 Å². The Labute approximate surface area is 182 Å². The Morgan fingerprint density at radius 2 is 1.94 bits per heavy atom. The Kier molecular flexibility index (Phi) is 8.49. The molecule has 1 aliphatic heterocycles. The third-order valence-corrected chi connectivity index (χ3v) is 5.23. The minimum Gasteiger partial charge on any atom is -0.505 e. The molecule has 0 aromatic heterocycles. The number of phenols is 1. The van der Waals surface area contributed by atoms with Crippen LogP contribution in [-0.4, -0.2) is 62.5 Å². The molecule has 1 unspecified atom stereocenters. The highest BCUT2D eigenvalue weighted by Crippen LogP contribution is 2.23. The summed E-state index contributed by atoms with van der Waals surface area (Å²) < 4.78 is 24.4. The van der Waals surface area contributed by atoms with Crippen molar-refractivity contribution >= 4 is 5.96 Å². The van der Waals surface area contributed by atoms with Gasteiger partial charge in [0.2, 0.25) is 0 Å². The molecule has 2 aromatic rings. The fraction of sp³-hybridized carbons (Fsp3) is 0.435. The normalized spacial score (nSPS) is 16.0. The zero-order valence-corrected chi connectivity index (χ0v) is 18.1. The number of nitrogens with zero attached hydrogens (tertiary/aromatic N) is 2. The Hall–Kier alpha value is -2.84. The number of halogens is 1. The van der Waals surface area contributed by atoms with Gasteiger partial charge in [-0.15, -0.1) is 0 Å². The molecular weight excluding hydrogens is 399 g/mol. The average molecular weight is 431 g/mol. The van der Waals surface area contributed by atoms with Crippen LogP contribution >= 0.6 is 0 Å². The van der Waals surface area contributed by atoms with E-state index in [1.165, 1.54) is 17.7 Å². The van der Waals surface area contributed by atoms with Gasteiger partial charge in [-0.05, 0) is 42.3 Å². The molecule has 31 heavy (non-hydrogen) atoms. The van der Waals surface area contributed by atoms with E-state index in [1.807, 2.05) is 19.1 Å². The molecule has 8 heteroatoms. The van der Waals surface area contributed by atoms with Crippen molar-refractivity contribution in [2.24, 2.45) is 4.99 Å². The summed E-state index contributed by atoms with van der Waals surface area (Å²) in [4.78, 5) is 6.98. The molecule has 0 saturated carbocycles. The first-order valence-corrected chi connectivity index (χ1v) is 10.6. The number of morpholine rings is 1. The molecule has 0 bridgehead atoms. The molecule has 1 fully saturated rings. The van der Waals surface area contributed by atoms with Crippen molar-refractivity contribution in [3.8, 4) is 11.5 Å². The van der Waals surface area contributed by atoms with Gasteiger partial charge >= 0.3 is 0 Å². The maximum absolute atomic E-state index is 13.6. The number of hydrogen-bond donors (Lipinski definition) is 3. The van der Waals surface area contributed by atoms with E-state index >= 15 is 0 Å². The standard InChI is InChI=1S/C23H31FN4O3/c1-3-25-23(26-15-17-4-9-22(29)20(24)14-17)27-16-21(28-10-12-31-13-11-28)18-5-7-19(30-2)8-6-18/h4-9,14,21,29H,3,10-13,15-16H2,1-2H3,(H2,25,26,27). The molecule has 1 heterocycles. The van der Waals surface area contributed by atoms with E-state index in [0.29, 0.717) is 44.4 Å². The Balaban J connectivity index is 1.71. The van der Waals surface area contributed by atoms with Crippen LogP contribution in [0.4, 0.5) is 4.39 Å². The molecule has 0 spiro atoms. The number of phenolic OH excluding ortho intramolecular Hbond substituents is 1. The highest BCUT2D eigenvalue weighted by atomic mass is 19.1. The summed E-state index contributed by atoms with van der Waals surface area (Å²) in [6, 6.07) is 12.6. The Bertz CT molecular complexity index is 854. The molecule has 1 atom stereocenters. The molecule has 3 rings (SSSR count). The largest absolute Gasteiger partial charge is 0.505 e. The van der Waals surface area contributed by atoms with E-state index in [1.54, 1.807) is 13.2 Å². The summed E-state index contributed by atoms with van der Waals surface area (Å²) >= 11 is 0. The highest BCUT2D eigenvalue weighted by Gasteiger charge is 2.23. The van der Waals surface area contributed by atoms with Crippen molar-refractivity contribution in [2.45, 2.75) is 19.5 Å². The lowest BCUT2D eigenvalue weighted by Gasteiger charge is -2.35. The van der Waals surface area contributed by atoms with Gasteiger partial charge in [-0.2, -0.15) is 0 Å². The SMILES string of the molecule is CCNC(=NCc1ccc(O)c(F)c1)NCC(c1ccc(OC)cc1)N1CCOCC1. The van der Waals surface area contributed by atoms with E-state index in [4.69, 9.17) is 9.47 Å². The van der Waals surface area contributed by atoms with Crippen LogP contribution in [0.25, 0.3) is 0 Å². The lowest BCUT2D eigenvalue weighted by Crippen LogP contribution is -2.46. The van der Waals surface area contributed by atoms with Gasteiger partial charge in [0.1, 0.15) is 5.75 Å². The number of ether oxygens (including phenoxy) is 2. The number of rotatable bonds is 8. The molecular formula is C23H31FN4O3. The third-order valence-electron chi connectivity index (χ3n) is 5.23. The first-order valence-electron chi connectivity index (χ1n) is 10.6. The highest BCUT2D eigenvalue weighted by molar-refractivity contribution is 5.79. The number of hydrogen-bond acceptors (Lipinski definition) is 5. The van der Waals surface area contributed by atoms with Crippen molar-refractivity contribution < 1.29 is 19.0 Å². The molecule has 0 radical (unpaired) electrons. The second-order valence-corrected chi connectivity index (χ2v) is 7.30. The quantitative estimate of drug-likeness (QED) is 0.442. The van der Waals surface area contributed by atoms with Crippen molar-refractivity contribution in [3.63, 3.8) is 0 Å². The maximum Gasteiger partial charge on any atom is 0.191 e. The van der Waals surface area contributed by atoms with Crippen molar-refractivity contribution in [1.29, 1.82) is 0 Å². The van der Waals surface area contributed by atoms with Crippen LogP contribution < -0.4 is 15.4 Å². The van der Waals surface area contributed by atoms with Crippen LogP contribution in [0.5, 0.6) is 11.5 Å². The van der Waals surface area contributed by atoms with Gasteiger partial charge in [-0.1, -0.05) is 18.2 Å². The lowest BCUT2D eigenvalue weighted by atomic mass is 10.0. The lowest BCUT2D eigenvalue weighted by molar-refractivity contribution is 0.0170. The topological polar surface area (TPSA) is 78.4 Å². The van der Waals surface area contributed by atoms with Crippen LogP contribution in [0, 0.1) is 5.82 Å². The zero-order chi connectivity index (χ0) is 22.1. The van der Waals surface area contributed by atoms with Crippen LogP contribution in [0.3, 0.4) is 0 Å². The van der Waals surface area contributed by atoms with Gasteiger partial charge in [0, 0.05) is 26.2 Å². The van der Waals surface area contributed by atoms with Crippen molar-refractivity contribution in [2.75, 3.05) is 46.5 Å². The Morgan fingerprint density at radius 1 is 1.19 bits per heavy atom. The smallest absolute Gasteiger partial charge is 0.191 e. The molecule has 168 valence electrons. The predicted octanol–water partition coefficient (Wildman–Crippen LogP) is 2.67. The monoisotopic (exact) mass is 430 g/mol. The van der Waals surface area contributed by atoms with Gasteiger partial charge in [-0.3, -0.25) is 4.90 Å². The van der Waals surface area contributed by atoms with Gasteiger partial charge in [0.15, 0.2) is 17.5 Å². The summed E-state index contributed by atoms with van der Waals surface area (Å²) in [7, 11) is 1.66. The molecule has 2 aromatic carbocycles. The Morgan fingerprint density at radius 3 is 2.58 bits per heavy atom. The number of nitrogens with one attached hydrogen (secondary N) is 2. The van der Waals surface area contributed by atoms with Crippen LogP contribution in [-0.2, 0) is 11.3 Å². The summed E-state index contributed by atoms with van der Waals surface area (Å²) in [6.45, 7) is 6.82. The van der Waals surface area contributed by atoms with Crippen LogP contribution in [0.2, 0.25) is 0 Å².